The average Bonchev–Trinajstić information content (AvgIpc) is 3.71. The van der Waals surface area contributed by atoms with E-state index in [0.29, 0.717) is 18.4 Å². The van der Waals surface area contributed by atoms with Crippen LogP contribution in [0.15, 0.2) is 60.8 Å². The van der Waals surface area contributed by atoms with E-state index >= 15 is 0 Å². The molecule has 1 saturated heterocycles. The maximum Gasteiger partial charge on any atom is 0.246 e. The van der Waals surface area contributed by atoms with Gasteiger partial charge in [-0.05, 0) is 49.3 Å². The summed E-state index contributed by atoms with van der Waals surface area (Å²) in [4.78, 5) is 33.2. The second-order valence-electron chi connectivity index (χ2n) is 10.8. The van der Waals surface area contributed by atoms with Gasteiger partial charge in [0.2, 0.25) is 17.8 Å². The van der Waals surface area contributed by atoms with E-state index in [1.165, 1.54) is 5.56 Å². The lowest BCUT2D eigenvalue weighted by atomic mass is 10.0. The van der Waals surface area contributed by atoms with Crippen LogP contribution in [0.4, 0.5) is 5.95 Å². The summed E-state index contributed by atoms with van der Waals surface area (Å²) < 4.78 is 7.72. The van der Waals surface area contributed by atoms with E-state index in [4.69, 9.17) is 9.72 Å². The minimum Gasteiger partial charge on any atom is -0.376 e. The number of imidazole rings is 1. The number of hydrogen-bond acceptors (Lipinski definition) is 4. The molecule has 1 saturated carbocycles. The van der Waals surface area contributed by atoms with Crippen molar-refractivity contribution in [2.75, 3.05) is 25.0 Å². The van der Waals surface area contributed by atoms with E-state index in [2.05, 4.69) is 43.4 Å². The van der Waals surface area contributed by atoms with Crippen molar-refractivity contribution in [2.45, 2.75) is 64.4 Å². The molecule has 1 aromatic heterocycles. The van der Waals surface area contributed by atoms with Gasteiger partial charge in [0.1, 0.15) is 6.54 Å². The third-order valence-electron chi connectivity index (χ3n) is 7.66. The molecule has 2 aromatic carbocycles. The lowest BCUT2D eigenvalue weighted by molar-refractivity contribution is -0.139. The summed E-state index contributed by atoms with van der Waals surface area (Å²) in [6, 6.07) is 18.2. The first-order valence-electron chi connectivity index (χ1n) is 13.9. The molecule has 2 amide bonds. The Balaban J connectivity index is 1.39. The van der Waals surface area contributed by atoms with Crippen LogP contribution in [0.25, 0.3) is 16.9 Å². The molecule has 0 radical (unpaired) electrons. The van der Waals surface area contributed by atoms with E-state index in [0.717, 1.165) is 62.1 Å². The number of anilines is 1. The van der Waals surface area contributed by atoms with Crippen molar-refractivity contribution in [3.05, 3.63) is 66.4 Å². The second-order valence-corrected chi connectivity index (χ2v) is 10.8. The monoisotopic (exact) mass is 514 g/mol. The number of carbonyl (C=O) groups is 2. The van der Waals surface area contributed by atoms with E-state index < -0.39 is 0 Å². The fourth-order valence-corrected chi connectivity index (χ4v) is 5.47. The molecule has 1 unspecified atom stereocenters. The topological polar surface area (TPSA) is 76.5 Å². The Morgan fingerprint density at radius 3 is 2.42 bits per heavy atom. The zero-order valence-electron chi connectivity index (χ0n) is 22.4. The summed E-state index contributed by atoms with van der Waals surface area (Å²) in [5.74, 6) is 0.704. The number of ether oxygens (including phenoxy) is 1. The van der Waals surface area contributed by atoms with E-state index in [1.807, 2.05) is 41.1 Å². The average molecular weight is 515 g/mol. The first kappa shape index (κ1) is 26.2. The van der Waals surface area contributed by atoms with Crippen LogP contribution >= 0.6 is 0 Å². The molecular formula is C31H38N4O3. The molecule has 1 aliphatic carbocycles. The van der Waals surface area contributed by atoms with E-state index in [-0.39, 0.29) is 30.4 Å². The number of nitrogens with zero attached hydrogens (tertiary/aromatic N) is 3. The van der Waals surface area contributed by atoms with Gasteiger partial charge in [0.25, 0.3) is 0 Å². The summed E-state index contributed by atoms with van der Waals surface area (Å²) in [7, 11) is 0. The van der Waals surface area contributed by atoms with Gasteiger partial charge in [0.05, 0.1) is 11.8 Å². The maximum atomic E-state index is 13.4. The predicted molar refractivity (Wildman–Crippen MR) is 149 cm³/mol. The van der Waals surface area contributed by atoms with Gasteiger partial charge in [0, 0.05) is 36.5 Å². The molecule has 2 fully saturated rings. The summed E-state index contributed by atoms with van der Waals surface area (Å²) in [5.41, 5.74) is 3.90. The van der Waals surface area contributed by atoms with Crippen LogP contribution in [-0.2, 0) is 14.3 Å². The Kier molecular flexibility index (Phi) is 8.23. The van der Waals surface area contributed by atoms with Crippen molar-refractivity contribution in [3.63, 3.8) is 0 Å². The summed E-state index contributed by atoms with van der Waals surface area (Å²) in [5, 5.41) is 3.02. The van der Waals surface area contributed by atoms with E-state index in [9.17, 15) is 9.59 Å². The third kappa shape index (κ3) is 6.16. The number of nitrogens with one attached hydrogen (secondary N) is 1. The van der Waals surface area contributed by atoms with Gasteiger partial charge in [-0.1, -0.05) is 69.2 Å². The van der Waals surface area contributed by atoms with Gasteiger partial charge in [-0.25, -0.2) is 4.98 Å². The Labute approximate surface area is 225 Å². The van der Waals surface area contributed by atoms with Gasteiger partial charge in [-0.15, -0.1) is 0 Å². The molecule has 38 heavy (non-hydrogen) atoms. The number of amides is 2. The van der Waals surface area contributed by atoms with Crippen molar-refractivity contribution >= 4 is 17.8 Å². The van der Waals surface area contributed by atoms with Gasteiger partial charge >= 0.3 is 0 Å². The molecule has 7 nitrogen and oxygen atoms in total. The van der Waals surface area contributed by atoms with Crippen LogP contribution in [0.1, 0.15) is 63.9 Å². The first-order chi connectivity index (χ1) is 18.5. The van der Waals surface area contributed by atoms with Gasteiger partial charge in [0.15, 0.2) is 0 Å². The summed E-state index contributed by atoms with van der Waals surface area (Å²) in [6.45, 7) is 5.51. The van der Waals surface area contributed by atoms with E-state index in [1.54, 1.807) is 4.90 Å². The van der Waals surface area contributed by atoms with Crippen LogP contribution in [0.3, 0.4) is 0 Å². The fourth-order valence-electron chi connectivity index (χ4n) is 5.47. The summed E-state index contributed by atoms with van der Waals surface area (Å²) in [6.07, 6.45) is 7.82. The largest absolute Gasteiger partial charge is 0.376 e. The Morgan fingerprint density at radius 2 is 1.76 bits per heavy atom. The smallest absolute Gasteiger partial charge is 0.246 e. The van der Waals surface area contributed by atoms with Gasteiger partial charge < -0.3 is 9.64 Å². The maximum absolute atomic E-state index is 13.4. The molecule has 0 spiro atoms. The first-order valence-corrected chi connectivity index (χ1v) is 13.9. The molecule has 5 rings (SSSR count). The summed E-state index contributed by atoms with van der Waals surface area (Å²) >= 11 is 0. The SMILES string of the molecule is CC(C)c1ccc(-n2cc(-c3ccccc3)nc2NC(=O)CN(CC2CCCO2)C(=O)C2CCCC2)cc1. The highest BCUT2D eigenvalue weighted by molar-refractivity contribution is 5.94. The van der Waals surface area contributed by atoms with Crippen LogP contribution in [0.5, 0.6) is 0 Å². The van der Waals surface area contributed by atoms with Crippen molar-refractivity contribution in [1.29, 1.82) is 0 Å². The molecule has 1 aliphatic heterocycles. The fraction of sp³-hybridized carbons (Fsp3) is 0.452. The number of rotatable bonds is 9. The van der Waals surface area contributed by atoms with Gasteiger partial charge in [-0.2, -0.15) is 0 Å². The molecular weight excluding hydrogens is 476 g/mol. The van der Waals surface area contributed by atoms with Crippen molar-refractivity contribution < 1.29 is 14.3 Å². The number of aromatic nitrogens is 2. The minimum absolute atomic E-state index is 0.000653. The molecule has 1 N–H and O–H groups in total. The molecule has 1 atom stereocenters. The lowest BCUT2D eigenvalue weighted by Gasteiger charge is -2.27. The zero-order chi connectivity index (χ0) is 26.5. The number of hydrogen-bond donors (Lipinski definition) is 1. The normalized spacial score (nSPS) is 17.7. The molecule has 7 heteroatoms. The number of carbonyl (C=O) groups excluding carboxylic acids is 2. The van der Waals surface area contributed by atoms with Crippen molar-refractivity contribution in [3.8, 4) is 16.9 Å². The number of benzene rings is 2. The highest BCUT2D eigenvalue weighted by Gasteiger charge is 2.31. The Bertz CT molecular complexity index is 1220. The highest BCUT2D eigenvalue weighted by atomic mass is 16.5. The standard InChI is InChI=1S/C31H38N4O3/c1-22(2)23-14-16-26(17-15-23)35-20-28(24-9-4-3-5-10-24)32-31(35)33-29(36)21-34(19-27-13-8-18-38-27)30(37)25-11-6-7-12-25/h3-5,9-10,14-17,20,22,25,27H,6-8,11-13,18-19,21H2,1-2H3,(H,32,33,36). The Hall–Kier alpha value is -3.45. The minimum atomic E-state index is -0.250. The van der Waals surface area contributed by atoms with Crippen LogP contribution in [0, 0.1) is 5.92 Å². The van der Waals surface area contributed by atoms with Crippen molar-refractivity contribution in [1.82, 2.24) is 14.5 Å². The zero-order valence-corrected chi connectivity index (χ0v) is 22.4. The predicted octanol–water partition coefficient (Wildman–Crippen LogP) is 5.80. The highest BCUT2D eigenvalue weighted by Crippen LogP contribution is 2.28. The van der Waals surface area contributed by atoms with Crippen LogP contribution in [-0.4, -0.2) is 52.1 Å². The Morgan fingerprint density at radius 1 is 1.03 bits per heavy atom. The lowest BCUT2D eigenvalue weighted by Crippen LogP contribution is -2.44. The molecule has 2 aliphatic rings. The quantitative estimate of drug-likeness (QED) is 0.392. The second kappa shape index (κ2) is 11.9. The third-order valence-corrected chi connectivity index (χ3v) is 7.66. The van der Waals surface area contributed by atoms with Crippen LogP contribution < -0.4 is 5.32 Å². The molecule has 3 aromatic rings. The molecule has 200 valence electrons. The molecule has 0 bridgehead atoms. The van der Waals surface area contributed by atoms with Gasteiger partial charge in [-0.3, -0.25) is 19.5 Å². The molecule has 2 heterocycles. The van der Waals surface area contributed by atoms with Crippen molar-refractivity contribution in [2.24, 2.45) is 5.92 Å². The van der Waals surface area contributed by atoms with Crippen LogP contribution in [0.2, 0.25) is 0 Å².